The third-order valence-electron chi connectivity index (χ3n) is 5.38. The van der Waals surface area contributed by atoms with Gasteiger partial charge in [-0.3, -0.25) is 4.79 Å². The molecular weight excluding hydrogens is 366 g/mol. The van der Waals surface area contributed by atoms with E-state index in [1.807, 2.05) is 66.2 Å². The van der Waals surface area contributed by atoms with Crippen LogP contribution in [-0.2, 0) is 24.1 Å². The van der Waals surface area contributed by atoms with Gasteiger partial charge < -0.3 is 10.4 Å². The molecule has 0 unspecified atom stereocenters. The summed E-state index contributed by atoms with van der Waals surface area (Å²) in [5.74, 6) is -1.49. The van der Waals surface area contributed by atoms with Crippen LogP contribution >= 0.6 is 0 Å². The second kappa shape index (κ2) is 7.91. The van der Waals surface area contributed by atoms with Gasteiger partial charge in [0.15, 0.2) is 5.69 Å². The van der Waals surface area contributed by atoms with Crippen LogP contribution in [0.5, 0.6) is 0 Å². The highest BCUT2D eigenvalue weighted by Crippen LogP contribution is 2.29. The normalized spacial score (nSPS) is 13.7. The first-order chi connectivity index (χ1) is 14.0. The smallest absolute Gasteiger partial charge is 0.326 e. The first-order valence-corrected chi connectivity index (χ1v) is 9.79. The Labute approximate surface area is 169 Å². The minimum Gasteiger partial charge on any atom is -0.480 e. The SMILES string of the molecule is Cc1ccccc1-n1nc(C(=O)N[C@@H](Cc2ccccc2)C(=O)O)c2c1CCC2. The Kier molecular flexibility index (Phi) is 5.16. The van der Waals surface area contributed by atoms with Crippen LogP contribution in [0, 0.1) is 6.92 Å². The maximum Gasteiger partial charge on any atom is 0.326 e. The summed E-state index contributed by atoms with van der Waals surface area (Å²) in [4.78, 5) is 24.7. The van der Waals surface area contributed by atoms with Crippen LogP contribution in [-0.4, -0.2) is 32.8 Å². The number of rotatable bonds is 6. The molecule has 29 heavy (non-hydrogen) atoms. The molecule has 1 heterocycles. The number of para-hydroxylation sites is 1. The van der Waals surface area contributed by atoms with Crippen LogP contribution < -0.4 is 5.32 Å². The lowest BCUT2D eigenvalue weighted by Crippen LogP contribution is -2.42. The van der Waals surface area contributed by atoms with E-state index in [0.29, 0.717) is 5.69 Å². The molecule has 0 aliphatic heterocycles. The number of fused-ring (bicyclic) bond motifs is 1. The van der Waals surface area contributed by atoms with Crippen molar-refractivity contribution in [1.82, 2.24) is 15.1 Å². The fourth-order valence-electron chi connectivity index (χ4n) is 3.90. The molecule has 1 aliphatic carbocycles. The number of hydrogen-bond acceptors (Lipinski definition) is 3. The molecule has 6 nitrogen and oxygen atoms in total. The summed E-state index contributed by atoms with van der Waals surface area (Å²) in [5.41, 5.74) is 5.18. The van der Waals surface area contributed by atoms with Crippen molar-refractivity contribution >= 4 is 11.9 Å². The van der Waals surface area contributed by atoms with Crippen LogP contribution in [0.2, 0.25) is 0 Å². The Morgan fingerprint density at radius 3 is 2.55 bits per heavy atom. The van der Waals surface area contributed by atoms with Crippen molar-refractivity contribution in [3.05, 3.63) is 82.7 Å². The topological polar surface area (TPSA) is 84.2 Å². The summed E-state index contributed by atoms with van der Waals surface area (Å²) >= 11 is 0. The number of carbonyl (C=O) groups excluding carboxylic acids is 1. The molecule has 0 saturated carbocycles. The van der Waals surface area contributed by atoms with E-state index in [4.69, 9.17) is 0 Å². The average Bonchev–Trinajstić information content (AvgIpc) is 3.31. The number of aryl methyl sites for hydroxylation is 1. The predicted octanol–water partition coefficient (Wildman–Crippen LogP) is 3.10. The number of hydrogen-bond donors (Lipinski definition) is 2. The number of aromatic nitrogens is 2. The standard InChI is InChI=1S/C23H23N3O3/c1-15-8-5-6-12-19(15)26-20-13-7-11-17(20)21(25-26)22(27)24-18(23(28)29)14-16-9-3-2-4-10-16/h2-6,8-10,12,18H,7,11,13-14H2,1H3,(H,24,27)(H,28,29)/t18-/m0/s1. The van der Waals surface area contributed by atoms with Gasteiger partial charge in [-0.2, -0.15) is 5.10 Å². The zero-order valence-electron chi connectivity index (χ0n) is 16.3. The van der Waals surface area contributed by atoms with Gasteiger partial charge in [-0.05, 0) is 43.4 Å². The van der Waals surface area contributed by atoms with Gasteiger partial charge in [0.25, 0.3) is 5.91 Å². The van der Waals surface area contributed by atoms with Crippen molar-refractivity contribution in [2.45, 2.75) is 38.6 Å². The van der Waals surface area contributed by atoms with Crippen LogP contribution in [0.25, 0.3) is 5.69 Å². The summed E-state index contributed by atoms with van der Waals surface area (Å²) in [7, 11) is 0. The molecule has 4 rings (SSSR count). The summed E-state index contributed by atoms with van der Waals surface area (Å²) in [6.45, 7) is 2.01. The third kappa shape index (κ3) is 3.78. The van der Waals surface area contributed by atoms with E-state index in [0.717, 1.165) is 47.3 Å². The number of nitrogens with one attached hydrogen (secondary N) is 1. The zero-order valence-corrected chi connectivity index (χ0v) is 16.3. The molecule has 6 heteroatoms. The second-order valence-electron chi connectivity index (χ2n) is 7.38. The van der Waals surface area contributed by atoms with Crippen molar-refractivity contribution in [2.24, 2.45) is 0 Å². The molecule has 0 radical (unpaired) electrons. The van der Waals surface area contributed by atoms with E-state index in [1.165, 1.54) is 0 Å². The number of benzene rings is 2. The van der Waals surface area contributed by atoms with Crippen LogP contribution in [0.1, 0.15) is 39.3 Å². The van der Waals surface area contributed by atoms with E-state index in [9.17, 15) is 14.7 Å². The molecule has 2 aromatic carbocycles. The van der Waals surface area contributed by atoms with E-state index < -0.39 is 17.9 Å². The Morgan fingerprint density at radius 2 is 1.83 bits per heavy atom. The first kappa shape index (κ1) is 18.9. The lowest BCUT2D eigenvalue weighted by Gasteiger charge is -2.14. The van der Waals surface area contributed by atoms with Gasteiger partial charge in [-0.1, -0.05) is 48.5 Å². The number of aliphatic carboxylic acids is 1. The van der Waals surface area contributed by atoms with E-state index in [1.54, 1.807) is 0 Å². The first-order valence-electron chi connectivity index (χ1n) is 9.79. The number of nitrogens with zero attached hydrogens (tertiary/aromatic N) is 2. The monoisotopic (exact) mass is 389 g/mol. The number of carboxylic acids is 1. The number of carbonyl (C=O) groups is 2. The Hall–Kier alpha value is -3.41. The second-order valence-corrected chi connectivity index (χ2v) is 7.38. The lowest BCUT2D eigenvalue weighted by atomic mass is 10.1. The maximum atomic E-state index is 13.0. The molecule has 3 aromatic rings. The highest BCUT2D eigenvalue weighted by Gasteiger charge is 2.29. The number of amides is 1. The summed E-state index contributed by atoms with van der Waals surface area (Å²) in [6.07, 6.45) is 2.82. The highest BCUT2D eigenvalue weighted by atomic mass is 16.4. The van der Waals surface area contributed by atoms with Gasteiger partial charge in [0.1, 0.15) is 6.04 Å². The predicted molar refractivity (Wildman–Crippen MR) is 109 cm³/mol. The van der Waals surface area contributed by atoms with Crippen molar-refractivity contribution in [3.8, 4) is 5.69 Å². The quantitative estimate of drug-likeness (QED) is 0.679. The molecular formula is C23H23N3O3. The third-order valence-corrected chi connectivity index (χ3v) is 5.38. The van der Waals surface area contributed by atoms with Crippen LogP contribution in [0.15, 0.2) is 54.6 Å². The zero-order chi connectivity index (χ0) is 20.4. The number of carboxylic acid groups (broad SMARTS) is 1. The lowest BCUT2D eigenvalue weighted by molar-refractivity contribution is -0.139. The molecule has 148 valence electrons. The molecule has 0 spiro atoms. The minimum atomic E-state index is -1.06. The Bertz CT molecular complexity index is 1060. The van der Waals surface area contributed by atoms with Crippen molar-refractivity contribution in [1.29, 1.82) is 0 Å². The van der Waals surface area contributed by atoms with Crippen LogP contribution in [0.4, 0.5) is 0 Å². The Balaban J connectivity index is 1.63. The molecule has 0 saturated heterocycles. The molecule has 1 amide bonds. The maximum absolute atomic E-state index is 13.0. The van der Waals surface area contributed by atoms with Gasteiger partial charge in [-0.15, -0.1) is 0 Å². The fourth-order valence-corrected chi connectivity index (χ4v) is 3.90. The van der Waals surface area contributed by atoms with E-state index >= 15 is 0 Å². The molecule has 0 bridgehead atoms. The average molecular weight is 389 g/mol. The van der Waals surface area contributed by atoms with Crippen molar-refractivity contribution < 1.29 is 14.7 Å². The molecule has 0 fully saturated rings. The minimum absolute atomic E-state index is 0.225. The van der Waals surface area contributed by atoms with Gasteiger partial charge >= 0.3 is 5.97 Å². The van der Waals surface area contributed by atoms with Gasteiger partial charge in [0.05, 0.1) is 5.69 Å². The van der Waals surface area contributed by atoms with E-state index in [2.05, 4.69) is 10.4 Å². The molecule has 1 aliphatic rings. The fraction of sp³-hybridized carbons (Fsp3) is 0.261. The Morgan fingerprint density at radius 1 is 1.10 bits per heavy atom. The van der Waals surface area contributed by atoms with Gasteiger partial charge in [0.2, 0.25) is 0 Å². The molecule has 1 atom stereocenters. The summed E-state index contributed by atoms with van der Waals surface area (Å²) in [6, 6.07) is 16.2. The summed E-state index contributed by atoms with van der Waals surface area (Å²) in [5, 5.41) is 16.9. The summed E-state index contributed by atoms with van der Waals surface area (Å²) < 4.78 is 1.85. The largest absolute Gasteiger partial charge is 0.480 e. The molecule has 1 aromatic heterocycles. The van der Waals surface area contributed by atoms with Crippen molar-refractivity contribution in [2.75, 3.05) is 0 Å². The van der Waals surface area contributed by atoms with E-state index in [-0.39, 0.29) is 6.42 Å². The van der Waals surface area contributed by atoms with Gasteiger partial charge in [-0.25, -0.2) is 9.48 Å². The van der Waals surface area contributed by atoms with Gasteiger partial charge in [0, 0.05) is 17.7 Å². The highest BCUT2D eigenvalue weighted by molar-refractivity contribution is 5.96. The van der Waals surface area contributed by atoms with Crippen LogP contribution in [0.3, 0.4) is 0 Å². The molecule has 2 N–H and O–H groups in total. The van der Waals surface area contributed by atoms with Crippen molar-refractivity contribution in [3.63, 3.8) is 0 Å².